The number of nitrogens with one attached hydrogen (secondary N) is 2. The fourth-order valence-electron chi connectivity index (χ4n) is 4.43. The van der Waals surface area contributed by atoms with Gasteiger partial charge < -0.3 is 14.9 Å². The molecule has 0 radical (unpaired) electrons. The van der Waals surface area contributed by atoms with Crippen LogP contribution in [0, 0.1) is 0 Å². The van der Waals surface area contributed by atoms with Crippen LogP contribution in [0.4, 0.5) is 0 Å². The molecule has 0 aromatic carbocycles. The zero-order valence-electron chi connectivity index (χ0n) is 17.7. The maximum Gasteiger partial charge on any atom is 0.273 e. The van der Waals surface area contributed by atoms with Gasteiger partial charge in [0.25, 0.3) is 5.91 Å². The maximum absolute atomic E-state index is 13.0. The van der Waals surface area contributed by atoms with Crippen molar-refractivity contribution in [1.82, 2.24) is 20.1 Å². The summed E-state index contributed by atoms with van der Waals surface area (Å²) in [5.41, 5.74) is 0.276. The molecule has 3 aliphatic rings. The lowest BCUT2D eigenvalue weighted by molar-refractivity contribution is 0.0925. The van der Waals surface area contributed by atoms with Crippen molar-refractivity contribution in [3.63, 3.8) is 0 Å². The second kappa shape index (κ2) is 9.81. The smallest absolute Gasteiger partial charge is 0.273 e. The molecule has 1 aromatic rings. The Bertz CT molecular complexity index is 893. The van der Waals surface area contributed by atoms with Crippen molar-refractivity contribution >= 4 is 15.9 Å². The number of piperidine rings is 1. The van der Waals surface area contributed by atoms with Gasteiger partial charge in [-0.2, -0.15) is 0 Å². The molecule has 2 fully saturated rings. The number of likely N-dealkylation sites (tertiary alicyclic amines) is 1. The predicted molar refractivity (Wildman–Crippen MR) is 115 cm³/mol. The third-order valence-electron chi connectivity index (χ3n) is 6.30. The molecular weight excluding hydrogens is 420 g/mol. The Balaban J connectivity index is 1.34. The number of sulfonamides is 1. The summed E-state index contributed by atoms with van der Waals surface area (Å²) in [6.07, 6.45) is 9.28. The van der Waals surface area contributed by atoms with Crippen LogP contribution in [0.2, 0.25) is 0 Å². The molecule has 3 N–H and O–H groups in total. The molecule has 2 heterocycles. The van der Waals surface area contributed by atoms with Crippen molar-refractivity contribution in [2.24, 2.45) is 0 Å². The van der Waals surface area contributed by atoms with E-state index in [2.05, 4.69) is 15.2 Å². The molecule has 1 saturated heterocycles. The van der Waals surface area contributed by atoms with Gasteiger partial charge >= 0.3 is 0 Å². The number of rotatable bonds is 8. The minimum Gasteiger partial charge on any atom is -0.395 e. The standard InChI is InChI=1S/C21H32N4O5S/c26-11-10-25-9-3-6-18(14-25)31(28,29)24-17-5-2-1-4-16(12-17)22-21(27)19-13-20(30-23-19)15-7-8-15/h1-2,13,15-18,24,26H,3-12,14H2,(H,22,27)/t16-,17-,18+/m0/s1. The fourth-order valence-corrected chi connectivity index (χ4v) is 6.16. The van der Waals surface area contributed by atoms with Crippen molar-refractivity contribution in [3.8, 4) is 0 Å². The van der Waals surface area contributed by atoms with E-state index in [1.807, 2.05) is 17.1 Å². The number of aliphatic hydroxyl groups is 1. The Morgan fingerprint density at radius 1 is 1.23 bits per heavy atom. The molecular formula is C21H32N4O5S. The lowest BCUT2D eigenvalue weighted by atomic mass is 10.1. The number of hydrogen-bond acceptors (Lipinski definition) is 7. The molecule has 0 unspecified atom stereocenters. The second-order valence-corrected chi connectivity index (χ2v) is 10.9. The lowest BCUT2D eigenvalue weighted by Gasteiger charge is -2.33. The zero-order chi connectivity index (χ0) is 21.8. The molecule has 1 aromatic heterocycles. The van der Waals surface area contributed by atoms with Crippen LogP contribution in [0.1, 0.15) is 67.1 Å². The summed E-state index contributed by atoms with van der Waals surface area (Å²) in [7, 11) is -3.50. The Labute approximate surface area is 183 Å². The van der Waals surface area contributed by atoms with Gasteiger partial charge in [-0.1, -0.05) is 17.3 Å². The topological polar surface area (TPSA) is 125 Å². The fraction of sp³-hybridized carbons (Fsp3) is 0.714. The highest BCUT2D eigenvalue weighted by Gasteiger charge is 2.33. The van der Waals surface area contributed by atoms with Crippen molar-refractivity contribution in [2.45, 2.75) is 68.2 Å². The van der Waals surface area contributed by atoms with Crippen LogP contribution in [-0.4, -0.2) is 73.1 Å². The lowest BCUT2D eigenvalue weighted by Crippen LogP contribution is -2.50. The third kappa shape index (κ3) is 5.94. The summed E-state index contributed by atoms with van der Waals surface area (Å²) < 4.78 is 34.2. The molecule has 0 bridgehead atoms. The van der Waals surface area contributed by atoms with Crippen LogP contribution in [0.3, 0.4) is 0 Å². The first kappa shape index (κ1) is 22.4. The minimum absolute atomic E-state index is 0.0304. The molecule has 4 rings (SSSR count). The molecule has 172 valence electrons. The highest BCUT2D eigenvalue weighted by atomic mass is 32.2. The van der Waals surface area contributed by atoms with E-state index >= 15 is 0 Å². The van der Waals surface area contributed by atoms with Crippen LogP contribution >= 0.6 is 0 Å². The minimum atomic E-state index is -3.50. The molecule has 0 spiro atoms. The SMILES string of the molecule is O=C(N[C@H]1CC=CC[C@H](NS(=O)(=O)[C@@H]2CCCN(CCO)C2)C1)c1cc(C2CC2)on1. The Hall–Kier alpha value is -1.75. The predicted octanol–water partition coefficient (Wildman–Crippen LogP) is 1.14. The number of aromatic nitrogens is 1. The quantitative estimate of drug-likeness (QED) is 0.505. The zero-order valence-corrected chi connectivity index (χ0v) is 18.5. The summed E-state index contributed by atoms with van der Waals surface area (Å²) in [6.45, 7) is 1.78. The summed E-state index contributed by atoms with van der Waals surface area (Å²) >= 11 is 0. The van der Waals surface area contributed by atoms with E-state index in [0.717, 1.165) is 31.6 Å². The average Bonchev–Trinajstić information content (AvgIpc) is 3.51. The van der Waals surface area contributed by atoms with Gasteiger partial charge in [0.2, 0.25) is 10.0 Å². The number of carbonyl (C=O) groups is 1. The van der Waals surface area contributed by atoms with Gasteiger partial charge in [-0.05, 0) is 51.5 Å². The van der Waals surface area contributed by atoms with Gasteiger partial charge in [0.15, 0.2) is 5.69 Å². The summed E-state index contributed by atoms with van der Waals surface area (Å²) in [5, 5.41) is 15.5. The van der Waals surface area contributed by atoms with Gasteiger partial charge in [-0.3, -0.25) is 9.69 Å². The Kier molecular flexibility index (Phi) is 7.10. The van der Waals surface area contributed by atoms with Crippen molar-refractivity contribution < 1.29 is 22.8 Å². The van der Waals surface area contributed by atoms with E-state index in [0.29, 0.717) is 44.7 Å². The van der Waals surface area contributed by atoms with E-state index in [-0.39, 0.29) is 30.3 Å². The van der Waals surface area contributed by atoms with E-state index in [4.69, 9.17) is 9.63 Å². The summed E-state index contributed by atoms with van der Waals surface area (Å²) in [4.78, 5) is 14.6. The second-order valence-electron chi connectivity index (χ2n) is 8.89. The molecule has 1 aliphatic heterocycles. The molecule has 31 heavy (non-hydrogen) atoms. The van der Waals surface area contributed by atoms with Crippen molar-refractivity contribution in [1.29, 1.82) is 0 Å². The average molecular weight is 453 g/mol. The Morgan fingerprint density at radius 2 is 2.00 bits per heavy atom. The van der Waals surface area contributed by atoms with E-state index < -0.39 is 15.3 Å². The Morgan fingerprint density at radius 3 is 2.74 bits per heavy atom. The summed E-state index contributed by atoms with van der Waals surface area (Å²) in [6, 6.07) is 1.25. The van der Waals surface area contributed by atoms with Crippen LogP contribution in [0.15, 0.2) is 22.7 Å². The number of β-amino-alcohol motifs (C(OH)–C–C–N with tert-alkyl or cyclic N) is 1. The van der Waals surface area contributed by atoms with Crippen LogP contribution < -0.4 is 10.0 Å². The van der Waals surface area contributed by atoms with Crippen LogP contribution in [-0.2, 0) is 10.0 Å². The van der Waals surface area contributed by atoms with Gasteiger partial charge in [0, 0.05) is 37.2 Å². The number of aliphatic hydroxyl groups excluding tert-OH is 1. The highest BCUT2D eigenvalue weighted by Crippen LogP contribution is 2.40. The van der Waals surface area contributed by atoms with Crippen molar-refractivity contribution in [2.75, 3.05) is 26.2 Å². The molecule has 10 heteroatoms. The van der Waals surface area contributed by atoms with Gasteiger partial charge in [0.1, 0.15) is 5.76 Å². The van der Waals surface area contributed by atoms with E-state index in [1.165, 1.54) is 0 Å². The monoisotopic (exact) mass is 452 g/mol. The van der Waals surface area contributed by atoms with Crippen LogP contribution in [0.5, 0.6) is 0 Å². The highest BCUT2D eigenvalue weighted by molar-refractivity contribution is 7.90. The van der Waals surface area contributed by atoms with Gasteiger partial charge in [-0.15, -0.1) is 0 Å². The first-order valence-electron chi connectivity index (χ1n) is 11.2. The molecule has 3 atom stereocenters. The normalized spacial score (nSPS) is 27.7. The maximum atomic E-state index is 13.0. The number of hydrogen-bond donors (Lipinski definition) is 3. The molecule has 1 saturated carbocycles. The first-order valence-corrected chi connectivity index (χ1v) is 12.8. The first-order chi connectivity index (χ1) is 14.9. The third-order valence-corrected chi connectivity index (χ3v) is 8.23. The largest absolute Gasteiger partial charge is 0.395 e. The molecule has 9 nitrogen and oxygen atoms in total. The van der Waals surface area contributed by atoms with Gasteiger partial charge in [0.05, 0.1) is 11.9 Å². The number of nitrogens with zero attached hydrogens (tertiary/aromatic N) is 2. The number of amides is 1. The summed E-state index contributed by atoms with van der Waals surface area (Å²) in [5.74, 6) is 0.866. The van der Waals surface area contributed by atoms with E-state index in [1.54, 1.807) is 6.07 Å². The van der Waals surface area contributed by atoms with Gasteiger partial charge in [-0.25, -0.2) is 13.1 Å². The molecule has 1 amide bonds. The van der Waals surface area contributed by atoms with E-state index in [9.17, 15) is 13.2 Å². The number of carbonyl (C=O) groups excluding carboxylic acids is 1. The van der Waals surface area contributed by atoms with Crippen molar-refractivity contribution in [3.05, 3.63) is 29.7 Å². The van der Waals surface area contributed by atoms with Crippen LogP contribution in [0.25, 0.3) is 0 Å². The molecule has 2 aliphatic carbocycles.